The molecule has 2 aromatic rings. The second kappa shape index (κ2) is 5.44. The molecule has 0 aromatic carbocycles. The van der Waals surface area contributed by atoms with Crippen LogP contribution in [0.3, 0.4) is 0 Å². The molecule has 5 nitrogen and oxygen atoms in total. The molecular formula is C14H18BrN5. The van der Waals surface area contributed by atoms with Crippen molar-refractivity contribution in [2.24, 2.45) is 4.99 Å². The topological polar surface area (TPSA) is 53.7 Å². The van der Waals surface area contributed by atoms with Crippen LogP contribution >= 0.6 is 15.9 Å². The molecule has 0 aliphatic carbocycles. The molecule has 0 amide bonds. The lowest BCUT2D eigenvalue weighted by Crippen LogP contribution is -2.38. The fraction of sp³-hybridized carbons (Fsp3) is 0.429. The molecular weight excluding hydrogens is 318 g/mol. The van der Waals surface area contributed by atoms with Gasteiger partial charge in [0, 0.05) is 35.9 Å². The zero-order chi connectivity index (χ0) is 14.1. The smallest absolute Gasteiger partial charge is 0.191 e. The van der Waals surface area contributed by atoms with Gasteiger partial charge >= 0.3 is 0 Å². The highest BCUT2D eigenvalue weighted by molar-refractivity contribution is 9.10. The van der Waals surface area contributed by atoms with Crippen molar-refractivity contribution in [1.82, 2.24) is 20.0 Å². The summed E-state index contributed by atoms with van der Waals surface area (Å²) in [5.74, 6) is 0.903. The van der Waals surface area contributed by atoms with Crippen LogP contribution in [0.15, 0.2) is 27.9 Å². The van der Waals surface area contributed by atoms with Crippen molar-refractivity contribution in [3.05, 3.63) is 34.2 Å². The summed E-state index contributed by atoms with van der Waals surface area (Å²) >= 11 is 3.51. The van der Waals surface area contributed by atoms with Crippen molar-refractivity contribution in [3.8, 4) is 0 Å². The molecule has 20 heavy (non-hydrogen) atoms. The maximum atomic E-state index is 4.67. The number of halogens is 1. The molecule has 0 radical (unpaired) electrons. The normalized spacial score (nSPS) is 18.1. The Morgan fingerprint density at radius 2 is 2.35 bits per heavy atom. The molecule has 6 heteroatoms. The first-order chi connectivity index (χ1) is 9.61. The van der Waals surface area contributed by atoms with Crippen molar-refractivity contribution in [2.75, 3.05) is 13.1 Å². The highest BCUT2D eigenvalue weighted by Gasteiger charge is 2.11. The molecule has 0 saturated heterocycles. The number of nitrogens with zero attached hydrogens (tertiary/aromatic N) is 3. The van der Waals surface area contributed by atoms with Crippen LogP contribution in [0.2, 0.25) is 0 Å². The van der Waals surface area contributed by atoms with Gasteiger partial charge in [-0.3, -0.25) is 4.99 Å². The molecule has 1 aliphatic rings. The minimum absolute atomic E-state index is 0.438. The molecule has 3 rings (SSSR count). The van der Waals surface area contributed by atoms with Crippen LogP contribution in [0.1, 0.15) is 18.2 Å². The number of guanidine groups is 1. The van der Waals surface area contributed by atoms with E-state index in [-0.39, 0.29) is 0 Å². The van der Waals surface area contributed by atoms with Crippen molar-refractivity contribution in [3.63, 3.8) is 0 Å². The maximum absolute atomic E-state index is 4.67. The van der Waals surface area contributed by atoms with E-state index in [2.05, 4.69) is 67.1 Å². The number of rotatable bonds is 3. The average molecular weight is 336 g/mol. The predicted octanol–water partition coefficient (Wildman–Crippen LogP) is 1.89. The lowest BCUT2D eigenvalue weighted by atomic mass is 10.3. The number of aromatic nitrogens is 2. The second-order valence-corrected chi connectivity index (χ2v) is 6.13. The molecule has 1 unspecified atom stereocenters. The Hall–Kier alpha value is -1.56. The monoisotopic (exact) mass is 335 g/mol. The van der Waals surface area contributed by atoms with E-state index in [1.165, 1.54) is 5.56 Å². The highest BCUT2D eigenvalue weighted by Crippen LogP contribution is 2.17. The van der Waals surface area contributed by atoms with Gasteiger partial charge in [-0.15, -0.1) is 0 Å². The van der Waals surface area contributed by atoms with Gasteiger partial charge in [0.1, 0.15) is 5.65 Å². The Balaban J connectivity index is 1.65. The van der Waals surface area contributed by atoms with E-state index in [9.17, 15) is 0 Å². The Labute approximate surface area is 126 Å². The number of hydrogen-bond donors (Lipinski definition) is 2. The van der Waals surface area contributed by atoms with E-state index in [0.29, 0.717) is 6.04 Å². The summed E-state index contributed by atoms with van der Waals surface area (Å²) in [5.41, 5.74) is 3.28. The summed E-state index contributed by atoms with van der Waals surface area (Å²) in [5, 5.41) is 6.60. The SMILES string of the molecule is Cc1cc(Br)cn2cc(CCNC3=NCC(C)N3)nc12. The van der Waals surface area contributed by atoms with Crippen molar-refractivity contribution >= 4 is 27.5 Å². The van der Waals surface area contributed by atoms with Gasteiger partial charge in [-0.05, 0) is 41.4 Å². The van der Waals surface area contributed by atoms with Gasteiger partial charge in [-0.25, -0.2) is 4.98 Å². The average Bonchev–Trinajstić information content (AvgIpc) is 2.96. The van der Waals surface area contributed by atoms with Crippen LogP contribution in [0.25, 0.3) is 5.65 Å². The fourth-order valence-electron chi connectivity index (χ4n) is 2.37. The van der Waals surface area contributed by atoms with Crippen LogP contribution in [0, 0.1) is 6.92 Å². The number of nitrogens with one attached hydrogen (secondary N) is 2. The van der Waals surface area contributed by atoms with E-state index in [1.807, 2.05) is 6.20 Å². The predicted molar refractivity (Wildman–Crippen MR) is 84.2 cm³/mol. The fourth-order valence-corrected chi connectivity index (χ4v) is 2.93. The van der Waals surface area contributed by atoms with Crippen LogP contribution < -0.4 is 10.6 Å². The third-order valence-electron chi connectivity index (χ3n) is 3.33. The molecule has 106 valence electrons. The molecule has 0 spiro atoms. The van der Waals surface area contributed by atoms with Crippen molar-refractivity contribution < 1.29 is 0 Å². The zero-order valence-corrected chi connectivity index (χ0v) is 13.2. The summed E-state index contributed by atoms with van der Waals surface area (Å²) in [6.45, 7) is 5.89. The lowest BCUT2D eigenvalue weighted by Gasteiger charge is -2.07. The van der Waals surface area contributed by atoms with Gasteiger partial charge in [-0.1, -0.05) is 0 Å². The maximum Gasteiger partial charge on any atom is 0.191 e. The number of imidazole rings is 1. The van der Waals surface area contributed by atoms with Gasteiger partial charge in [-0.2, -0.15) is 0 Å². The van der Waals surface area contributed by atoms with Crippen molar-refractivity contribution in [2.45, 2.75) is 26.3 Å². The molecule has 1 atom stereocenters. The molecule has 2 N–H and O–H groups in total. The van der Waals surface area contributed by atoms with Gasteiger partial charge in [0.25, 0.3) is 0 Å². The van der Waals surface area contributed by atoms with Gasteiger partial charge in [0.05, 0.1) is 12.2 Å². The van der Waals surface area contributed by atoms with E-state index in [1.54, 1.807) is 0 Å². The van der Waals surface area contributed by atoms with Gasteiger partial charge in [0.2, 0.25) is 0 Å². The molecule has 2 aromatic heterocycles. The summed E-state index contributed by atoms with van der Waals surface area (Å²) in [4.78, 5) is 9.05. The van der Waals surface area contributed by atoms with Crippen molar-refractivity contribution in [1.29, 1.82) is 0 Å². The summed E-state index contributed by atoms with van der Waals surface area (Å²) in [6.07, 6.45) is 5.01. The van der Waals surface area contributed by atoms with Crippen LogP contribution in [0.4, 0.5) is 0 Å². The first-order valence-electron chi connectivity index (χ1n) is 6.80. The first-order valence-corrected chi connectivity index (χ1v) is 7.60. The summed E-state index contributed by atoms with van der Waals surface area (Å²) in [6, 6.07) is 2.52. The van der Waals surface area contributed by atoms with E-state index in [4.69, 9.17) is 0 Å². The van der Waals surface area contributed by atoms with E-state index in [0.717, 1.165) is 41.3 Å². The van der Waals surface area contributed by atoms with E-state index >= 15 is 0 Å². The number of aryl methyl sites for hydroxylation is 1. The number of aliphatic imine (C=N–C) groups is 1. The molecule has 3 heterocycles. The minimum Gasteiger partial charge on any atom is -0.356 e. The number of pyridine rings is 1. The summed E-state index contributed by atoms with van der Waals surface area (Å²) in [7, 11) is 0. The molecule has 1 aliphatic heterocycles. The van der Waals surface area contributed by atoms with Crippen LogP contribution in [-0.2, 0) is 6.42 Å². The Morgan fingerprint density at radius 3 is 3.10 bits per heavy atom. The Morgan fingerprint density at radius 1 is 1.50 bits per heavy atom. The number of hydrogen-bond acceptors (Lipinski definition) is 4. The van der Waals surface area contributed by atoms with Gasteiger partial charge in [0.15, 0.2) is 5.96 Å². The zero-order valence-electron chi connectivity index (χ0n) is 11.7. The second-order valence-electron chi connectivity index (χ2n) is 5.22. The quantitative estimate of drug-likeness (QED) is 0.900. The third-order valence-corrected chi connectivity index (χ3v) is 3.77. The molecule has 0 bridgehead atoms. The Kier molecular flexibility index (Phi) is 3.65. The first kappa shape index (κ1) is 13.4. The minimum atomic E-state index is 0.438. The summed E-state index contributed by atoms with van der Waals surface area (Å²) < 4.78 is 3.14. The lowest BCUT2D eigenvalue weighted by molar-refractivity contribution is 0.711. The van der Waals surface area contributed by atoms with Crippen LogP contribution in [0.5, 0.6) is 0 Å². The highest BCUT2D eigenvalue weighted by atomic mass is 79.9. The van der Waals surface area contributed by atoms with Gasteiger partial charge < -0.3 is 15.0 Å². The Bertz CT molecular complexity index is 661. The van der Waals surface area contributed by atoms with E-state index < -0.39 is 0 Å². The standard InChI is InChI=1S/C14H18BrN5/c1-9-5-11(15)7-20-8-12(19-13(9)20)3-4-16-14-17-6-10(2)18-14/h5,7-8,10H,3-4,6H2,1-2H3,(H2,16,17,18). The number of fused-ring (bicyclic) bond motifs is 1. The molecule has 0 fully saturated rings. The third kappa shape index (κ3) is 2.80. The molecule has 0 saturated carbocycles. The largest absolute Gasteiger partial charge is 0.356 e. The van der Waals surface area contributed by atoms with Crippen LogP contribution in [-0.4, -0.2) is 34.5 Å².